The molecule has 3 rings (SSSR count). The van der Waals surface area contributed by atoms with Gasteiger partial charge in [-0.25, -0.2) is 0 Å². The van der Waals surface area contributed by atoms with E-state index in [1.54, 1.807) is 7.11 Å². The van der Waals surface area contributed by atoms with Gasteiger partial charge in [0.2, 0.25) is 0 Å². The molecule has 18 heavy (non-hydrogen) atoms. The molecule has 1 heteroatoms. The highest BCUT2D eigenvalue weighted by atomic mass is 16.5. The van der Waals surface area contributed by atoms with Gasteiger partial charge in [0.25, 0.3) is 0 Å². The second-order valence-electron chi connectivity index (χ2n) is 4.58. The molecular formula is C17H16O. The van der Waals surface area contributed by atoms with Gasteiger partial charge >= 0.3 is 0 Å². The molecule has 0 radical (unpaired) electrons. The van der Waals surface area contributed by atoms with Crippen molar-refractivity contribution in [3.63, 3.8) is 0 Å². The summed E-state index contributed by atoms with van der Waals surface area (Å²) in [7, 11) is 1.73. The summed E-state index contributed by atoms with van der Waals surface area (Å²) in [5.41, 5.74) is 5.48. The lowest BCUT2D eigenvalue weighted by molar-refractivity contribution is 0.410. The number of ether oxygens (including phenoxy) is 1. The molecule has 0 aliphatic heterocycles. The molecule has 0 heterocycles. The van der Waals surface area contributed by atoms with Crippen LogP contribution in [-0.4, -0.2) is 7.11 Å². The van der Waals surface area contributed by atoms with Gasteiger partial charge in [0.05, 0.1) is 7.11 Å². The molecule has 0 N–H and O–H groups in total. The van der Waals surface area contributed by atoms with Crippen molar-refractivity contribution in [2.24, 2.45) is 0 Å². The maximum atomic E-state index is 5.42. The molecule has 2 aromatic carbocycles. The smallest absolute Gasteiger partial charge is 0.122 e. The zero-order chi connectivity index (χ0) is 12.4. The van der Waals surface area contributed by atoms with Crippen LogP contribution in [0.25, 0.3) is 6.08 Å². The van der Waals surface area contributed by atoms with E-state index >= 15 is 0 Å². The van der Waals surface area contributed by atoms with Gasteiger partial charge in [0, 0.05) is 6.42 Å². The monoisotopic (exact) mass is 236 g/mol. The van der Waals surface area contributed by atoms with Crippen LogP contribution in [0.15, 0.2) is 48.5 Å². The lowest BCUT2D eigenvalue weighted by Crippen LogP contribution is -1.97. The topological polar surface area (TPSA) is 9.23 Å². The van der Waals surface area contributed by atoms with Crippen LogP contribution < -0.4 is 4.74 Å². The van der Waals surface area contributed by atoms with E-state index in [0.717, 1.165) is 18.6 Å². The van der Waals surface area contributed by atoms with Crippen molar-refractivity contribution in [2.45, 2.75) is 12.8 Å². The third-order valence-corrected chi connectivity index (χ3v) is 3.50. The molecule has 1 aliphatic rings. The van der Waals surface area contributed by atoms with Gasteiger partial charge in [0.1, 0.15) is 5.75 Å². The Labute approximate surface area is 108 Å². The predicted molar refractivity (Wildman–Crippen MR) is 75.0 cm³/mol. The number of hydrogen-bond donors (Lipinski definition) is 0. The first-order chi connectivity index (χ1) is 8.88. The molecule has 0 spiro atoms. The zero-order valence-electron chi connectivity index (χ0n) is 10.5. The Morgan fingerprint density at radius 3 is 2.72 bits per heavy atom. The first-order valence-corrected chi connectivity index (χ1v) is 6.27. The Bertz CT molecular complexity index is 596. The number of para-hydroxylation sites is 1. The number of fused-ring (bicyclic) bond motifs is 1. The quantitative estimate of drug-likeness (QED) is 0.786. The highest BCUT2D eigenvalue weighted by molar-refractivity contribution is 5.62. The molecule has 0 aromatic heterocycles. The highest BCUT2D eigenvalue weighted by Gasteiger charge is 2.11. The van der Waals surface area contributed by atoms with Crippen molar-refractivity contribution in [1.82, 2.24) is 0 Å². The fourth-order valence-electron chi connectivity index (χ4n) is 2.58. The van der Waals surface area contributed by atoms with Crippen LogP contribution in [0, 0.1) is 0 Å². The summed E-state index contributed by atoms with van der Waals surface area (Å²) in [4.78, 5) is 0. The summed E-state index contributed by atoms with van der Waals surface area (Å²) < 4.78 is 5.42. The second-order valence-corrected chi connectivity index (χ2v) is 4.58. The minimum absolute atomic E-state index is 0.939. The van der Waals surface area contributed by atoms with Crippen molar-refractivity contribution >= 4 is 6.08 Å². The lowest BCUT2D eigenvalue weighted by atomic mass is 9.96. The van der Waals surface area contributed by atoms with E-state index in [1.807, 2.05) is 12.1 Å². The van der Waals surface area contributed by atoms with Gasteiger partial charge in [0.15, 0.2) is 0 Å². The average molecular weight is 236 g/mol. The summed E-state index contributed by atoms with van der Waals surface area (Å²) in [6.07, 6.45) is 6.44. The van der Waals surface area contributed by atoms with E-state index in [0.29, 0.717) is 0 Å². The van der Waals surface area contributed by atoms with Crippen LogP contribution in [-0.2, 0) is 12.8 Å². The molecule has 90 valence electrons. The summed E-state index contributed by atoms with van der Waals surface area (Å²) in [5.74, 6) is 0.973. The van der Waals surface area contributed by atoms with Crippen LogP contribution in [0.1, 0.15) is 22.3 Å². The molecule has 2 aromatic rings. The predicted octanol–water partition coefficient (Wildman–Crippen LogP) is 3.86. The largest absolute Gasteiger partial charge is 0.496 e. The SMILES string of the molecule is COc1ccccc1Cc1cccc2c1CC=C2. The van der Waals surface area contributed by atoms with Crippen LogP contribution in [0.3, 0.4) is 0 Å². The first-order valence-electron chi connectivity index (χ1n) is 6.27. The lowest BCUT2D eigenvalue weighted by Gasteiger charge is -2.11. The van der Waals surface area contributed by atoms with Crippen molar-refractivity contribution in [3.05, 3.63) is 70.8 Å². The van der Waals surface area contributed by atoms with E-state index in [2.05, 4.69) is 42.5 Å². The maximum absolute atomic E-state index is 5.42. The van der Waals surface area contributed by atoms with Crippen molar-refractivity contribution in [2.75, 3.05) is 7.11 Å². The Hall–Kier alpha value is -2.02. The molecule has 0 unspecified atom stereocenters. The highest BCUT2D eigenvalue weighted by Crippen LogP contribution is 2.27. The summed E-state index contributed by atoms with van der Waals surface area (Å²) in [6, 6.07) is 14.8. The van der Waals surface area contributed by atoms with E-state index < -0.39 is 0 Å². The van der Waals surface area contributed by atoms with E-state index in [9.17, 15) is 0 Å². The molecule has 1 nitrogen and oxygen atoms in total. The Morgan fingerprint density at radius 1 is 1.00 bits per heavy atom. The molecule has 0 fully saturated rings. The third-order valence-electron chi connectivity index (χ3n) is 3.50. The molecule has 0 saturated heterocycles. The van der Waals surface area contributed by atoms with Crippen LogP contribution in [0.5, 0.6) is 5.75 Å². The summed E-state index contributed by atoms with van der Waals surface area (Å²) in [6.45, 7) is 0. The minimum atomic E-state index is 0.939. The average Bonchev–Trinajstić information content (AvgIpc) is 2.89. The number of methoxy groups -OCH3 is 1. The number of benzene rings is 2. The summed E-state index contributed by atoms with van der Waals surface area (Å²) in [5, 5.41) is 0. The fourth-order valence-corrected chi connectivity index (χ4v) is 2.58. The van der Waals surface area contributed by atoms with Crippen molar-refractivity contribution in [1.29, 1.82) is 0 Å². The van der Waals surface area contributed by atoms with Gasteiger partial charge in [-0.1, -0.05) is 48.6 Å². The molecule has 0 saturated carbocycles. The zero-order valence-corrected chi connectivity index (χ0v) is 10.5. The molecule has 0 atom stereocenters. The van der Waals surface area contributed by atoms with Gasteiger partial charge < -0.3 is 4.74 Å². The Kier molecular flexibility index (Phi) is 2.89. The second kappa shape index (κ2) is 4.69. The third kappa shape index (κ3) is 1.92. The fraction of sp³-hybridized carbons (Fsp3) is 0.176. The molecular weight excluding hydrogens is 220 g/mol. The van der Waals surface area contributed by atoms with Crippen LogP contribution >= 0.6 is 0 Å². The van der Waals surface area contributed by atoms with Crippen LogP contribution in [0.4, 0.5) is 0 Å². The first kappa shape index (κ1) is 11.1. The number of allylic oxidation sites excluding steroid dienone is 1. The van der Waals surface area contributed by atoms with Gasteiger partial charge in [-0.15, -0.1) is 0 Å². The number of rotatable bonds is 3. The van der Waals surface area contributed by atoms with Gasteiger partial charge in [-0.2, -0.15) is 0 Å². The van der Waals surface area contributed by atoms with Crippen molar-refractivity contribution < 1.29 is 4.74 Å². The minimum Gasteiger partial charge on any atom is -0.496 e. The van der Waals surface area contributed by atoms with Gasteiger partial charge in [-0.3, -0.25) is 0 Å². The standard InChI is InChI=1S/C17H16O/c1-18-17-11-3-2-6-15(17)12-14-9-4-7-13-8-5-10-16(13)14/h2-9,11H,10,12H2,1H3. The maximum Gasteiger partial charge on any atom is 0.122 e. The van der Waals surface area contributed by atoms with Crippen LogP contribution in [0.2, 0.25) is 0 Å². The molecule has 1 aliphatic carbocycles. The summed E-state index contributed by atoms with van der Waals surface area (Å²) >= 11 is 0. The van der Waals surface area contributed by atoms with E-state index in [1.165, 1.54) is 22.3 Å². The van der Waals surface area contributed by atoms with Crippen molar-refractivity contribution in [3.8, 4) is 5.75 Å². The number of hydrogen-bond acceptors (Lipinski definition) is 1. The van der Waals surface area contributed by atoms with E-state index in [-0.39, 0.29) is 0 Å². The molecule has 0 bridgehead atoms. The normalized spacial score (nSPS) is 12.5. The van der Waals surface area contributed by atoms with Gasteiger partial charge in [-0.05, 0) is 34.7 Å². The Morgan fingerprint density at radius 2 is 1.83 bits per heavy atom. The molecule has 0 amide bonds. The van der Waals surface area contributed by atoms with E-state index in [4.69, 9.17) is 4.74 Å². The Balaban J connectivity index is 1.96.